The van der Waals surface area contributed by atoms with Crippen LogP contribution >= 0.6 is 0 Å². The van der Waals surface area contributed by atoms with E-state index in [1.165, 1.54) is 12.8 Å². The molecule has 2 aromatic rings. The number of carbonyl (C=O) groups excluding carboxylic acids is 4. The second-order valence-corrected chi connectivity index (χ2v) is 7.98. The minimum Gasteiger partial charge on any atom is -0.466 e. The van der Waals surface area contributed by atoms with Gasteiger partial charge in [-0.3, -0.25) is 19.2 Å². The summed E-state index contributed by atoms with van der Waals surface area (Å²) in [6.45, 7) is 6.02. The Kier molecular flexibility index (Phi) is 12.0. The molecular formula is C27H34N2O7. The van der Waals surface area contributed by atoms with Gasteiger partial charge in [0.25, 0.3) is 0 Å². The number of Topliss-reactive ketones (excluding diaryl/α,β-unsaturated/α-hetero) is 1. The Bertz CT molecular complexity index is 1020. The lowest BCUT2D eigenvalue weighted by molar-refractivity contribution is -0.144. The van der Waals surface area contributed by atoms with Gasteiger partial charge in [-0.05, 0) is 24.6 Å². The lowest BCUT2D eigenvalue weighted by atomic mass is 10.0. The molecule has 0 radical (unpaired) electrons. The second-order valence-electron chi connectivity index (χ2n) is 7.98. The van der Waals surface area contributed by atoms with Crippen molar-refractivity contribution in [2.45, 2.75) is 52.5 Å². The van der Waals surface area contributed by atoms with Gasteiger partial charge in [0, 0.05) is 5.56 Å². The van der Waals surface area contributed by atoms with E-state index in [2.05, 4.69) is 24.5 Å². The lowest BCUT2D eigenvalue weighted by Crippen LogP contribution is -2.39. The van der Waals surface area contributed by atoms with Crippen LogP contribution in [-0.2, 0) is 19.1 Å². The molecule has 0 aliphatic carbocycles. The number of amides is 2. The SMILES string of the molecule is CCCC.CCOC(=O)CC(NC(=O)CNC(=O)CC(=O)c1ccccc1)c1ccc2c(c1)OCO2. The summed E-state index contributed by atoms with van der Waals surface area (Å²) in [5, 5.41) is 5.15. The molecule has 1 unspecified atom stereocenters. The predicted molar refractivity (Wildman–Crippen MR) is 134 cm³/mol. The molecule has 9 nitrogen and oxygen atoms in total. The van der Waals surface area contributed by atoms with E-state index in [-0.39, 0.29) is 38.6 Å². The summed E-state index contributed by atoms with van der Waals surface area (Å²) < 4.78 is 15.6. The zero-order chi connectivity index (χ0) is 26.3. The Morgan fingerprint density at radius 2 is 1.61 bits per heavy atom. The molecule has 194 valence electrons. The molecule has 1 atom stereocenters. The molecule has 1 aliphatic heterocycles. The van der Waals surface area contributed by atoms with E-state index in [4.69, 9.17) is 14.2 Å². The number of ether oxygens (including phenoxy) is 3. The van der Waals surface area contributed by atoms with Crippen LogP contribution in [0.15, 0.2) is 48.5 Å². The van der Waals surface area contributed by atoms with Crippen molar-refractivity contribution in [1.29, 1.82) is 0 Å². The average Bonchev–Trinajstić information content (AvgIpc) is 3.36. The van der Waals surface area contributed by atoms with Gasteiger partial charge in [-0.15, -0.1) is 0 Å². The summed E-state index contributed by atoms with van der Waals surface area (Å²) in [5.41, 5.74) is 1.05. The zero-order valence-corrected chi connectivity index (χ0v) is 21.0. The third-order valence-corrected chi connectivity index (χ3v) is 5.17. The number of unbranched alkanes of at least 4 members (excludes halogenated alkanes) is 1. The van der Waals surface area contributed by atoms with E-state index in [1.54, 1.807) is 55.5 Å². The van der Waals surface area contributed by atoms with Crippen molar-refractivity contribution in [3.8, 4) is 11.5 Å². The third-order valence-electron chi connectivity index (χ3n) is 5.17. The summed E-state index contributed by atoms with van der Waals surface area (Å²) >= 11 is 0. The summed E-state index contributed by atoms with van der Waals surface area (Å²) in [7, 11) is 0. The van der Waals surface area contributed by atoms with Crippen LogP contribution in [-0.4, -0.2) is 43.5 Å². The average molecular weight is 499 g/mol. The molecular weight excluding hydrogens is 464 g/mol. The number of rotatable bonds is 11. The Morgan fingerprint density at radius 3 is 2.28 bits per heavy atom. The maximum absolute atomic E-state index is 12.4. The van der Waals surface area contributed by atoms with Crippen LogP contribution in [0.2, 0.25) is 0 Å². The monoisotopic (exact) mass is 498 g/mol. The normalized spacial score (nSPS) is 12.0. The molecule has 1 aliphatic rings. The smallest absolute Gasteiger partial charge is 0.308 e. The van der Waals surface area contributed by atoms with Gasteiger partial charge >= 0.3 is 5.97 Å². The molecule has 0 spiro atoms. The predicted octanol–water partition coefficient (Wildman–Crippen LogP) is 3.72. The van der Waals surface area contributed by atoms with E-state index in [1.807, 2.05) is 0 Å². The molecule has 3 rings (SSSR count). The first-order chi connectivity index (χ1) is 17.4. The quantitative estimate of drug-likeness (QED) is 0.275. The first-order valence-electron chi connectivity index (χ1n) is 12.1. The highest BCUT2D eigenvalue weighted by molar-refractivity contribution is 6.07. The van der Waals surface area contributed by atoms with Gasteiger partial charge in [0.05, 0.1) is 32.0 Å². The highest BCUT2D eigenvalue weighted by Gasteiger charge is 2.23. The van der Waals surface area contributed by atoms with Crippen molar-refractivity contribution in [3.63, 3.8) is 0 Å². The number of esters is 1. The molecule has 0 saturated carbocycles. The number of ketones is 1. The van der Waals surface area contributed by atoms with Crippen LogP contribution in [0, 0.1) is 0 Å². The van der Waals surface area contributed by atoms with Crippen molar-refractivity contribution in [2.24, 2.45) is 0 Å². The fourth-order valence-corrected chi connectivity index (χ4v) is 3.13. The van der Waals surface area contributed by atoms with Gasteiger partial charge in [-0.25, -0.2) is 0 Å². The fourth-order valence-electron chi connectivity index (χ4n) is 3.13. The molecule has 0 fully saturated rings. The minimum atomic E-state index is -0.695. The number of hydrogen-bond donors (Lipinski definition) is 2. The Morgan fingerprint density at radius 1 is 0.917 bits per heavy atom. The number of fused-ring (bicyclic) bond motifs is 1. The van der Waals surface area contributed by atoms with Crippen LogP contribution in [0.25, 0.3) is 0 Å². The van der Waals surface area contributed by atoms with Crippen molar-refractivity contribution in [1.82, 2.24) is 10.6 Å². The first-order valence-corrected chi connectivity index (χ1v) is 12.1. The van der Waals surface area contributed by atoms with Crippen LogP contribution in [0.1, 0.15) is 68.4 Å². The molecule has 2 amide bonds. The number of benzene rings is 2. The lowest BCUT2D eigenvalue weighted by Gasteiger charge is -2.19. The molecule has 2 aromatic carbocycles. The molecule has 1 heterocycles. The van der Waals surface area contributed by atoms with Crippen LogP contribution in [0.5, 0.6) is 11.5 Å². The maximum Gasteiger partial charge on any atom is 0.308 e. The van der Waals surface area contributed by atoms with Crippen molar-refractivity contribution in [2.75, 3.05) is 19.9 Å². The zero-order valence-electron chi connectivity index (χ0n) is 21.0. The molecule has 0 bridgehead atoms. The van der Waals surface area contributed by atoms with E-state index in [0.29, 0.717) is 22.6 Å². The summed E-state index contributed by atoms with van der Waals surface area (Å²) in [6, 6.07) is 12.8. The van der Waals surface area contributed by atoms with Gasteiger partial charge in [0.15, 0.2) is 17.3 Å². The van der Waals surface area contributed by atoms with Gasteiger partial charge < -0.3 is 24.8 Å². The van der Waals surface area contributed by atoms with Crippen LogP contribution < -0.4 is 20.1 Å². The van der Waals surface area contributed by atoms with Gasteiger partial charge in [-0.2, -0.15) is 0 Å². The molecule has 2 N–H and O–H groups in total. The number of carbonyl (C=O) groups is 4. The number of nitrogens with one attached hydrogen (secondary N) is 2. The van der Waals surface area contributed by atoms with E-state index >= 15 is 0 Å². The first kappa shape index (κ1) is 28.4. The van der Waals surface area contributed by atoms with Crippen LogP contribution in [0.4, 0.5) is 0 Å². The fraction of sp³-hybridized carbons (Fsp3) is 0.407. The highest BCUT2D eigenvalue weighted by Crippen LogP contribution is 2.34. The van der Waals surface area contributed by atoms with Crippen LogP contribution in [0.3, 0.4) is 0 Å². The van der Waals surface area contributed by atoms with Gasteiger partial charge in [-0.1, -0.05) is 63.1 Å². The third kappa shape index (κ3) is 9.40. The molecule has 36 heavy (non-hydrogen) atoms. The van der Waals surface area contributed by atoms with E-state index in [9.17, 15) is 19.2 Å². The Labute approximate surface area is 211 Å². The summed E-state index contributed by atoms with van der Waals surface area (Å²) in [4.78, 5) is 48.6. The molecule has 9 heteroatoms. The Hall–Kier alpha value is -3.88. The van der Waals surface area contributed by atoms with Gasteiger partial charge in [0.2, 0.25) is 18.6 Å². The van der Waals surface area contributed by atoms with Crippen molar-refractivity contribution < 1.29 is 33.4 Å². The largest absolute Gasteiger partial charge is 0.466 e. The molecule has 0 saturated heterocycles. The van der Waals surface area contributed by atoms with Gasteiger partial charge in [0.1, 0.15) is 0 Å². The topological polar surface area (TPSA) is 120 Å². The van der Waals surface area contributed by atoms with E-state index < -0.39 is 23.8 Å². The molecule has 0 aromatic heterocycles. The Balaban J connectivity index is 0.00000106. The van der Waals surface area contributed by atoms with E-state index in [0.717, 1.165) is 0 Å². The maximum atomic E-state index is 12.4. The van der Waals surface area contributed by atoms with Crippen molar-refractivity contribution in [3.05, 3.63) is 59.7 Å². The minimum absolute atomic E-state index is 0.0976. The number of hydrogen-bond acceptors (Lipinski definition) is 7. The highest BCUT2D eigenvalue weighted by atomic mass is 16.7. The summed E-state index contributed by atoms with van der Waals surface area (Å²) in [6.07, 6.45) is 2.17. The standard InChI is InChI=1S/C23H24N2O7.C4H10/c1-2-30-23(29)11-17(16-8-9-19-20(10-16)32-14-31-19)25-22(28)13-24-21(27)12-18(26)15-6-4-3-5-7-15;1-3-4-2/h3-10,17H,2,11-14H2,1H3,(H,24,27)(H,25,28);3-4H2,1-2H3. The summed E-state index contributed by atoms with van der Waals surface area (Å²) in [5.74, 6) is -0.822. The second kappa shape index (κ2) is 15.2. The van der Waals surface area contributed by atoms with Crippen molar-refractivity contribution >= 4 is 23.6 Å².